The molecular formula is C14H18BClO2. The summed E-state index contributed by atoms with van der Waals surface area (Å²) in [5.41, 5.74) is 3.09. The molecule has 1 fully saturated rings. The van der Waals surface area contributed by atoms with Crippen molar-refractivity contribution in [3.8, 4) is 0 Å². The lowest BCUT2D eigenvalue weighted by Crippen LogP contribution is -2.28. The third-order valence-corrected chi connectivity index (χ3v) is 4.62. The molecule has 1 aliphatic heterocycles. The quantitative estimate of drug-likeness (QED) is 0.851. The van der Waals surface area contributed by atoms with Crippen LogP contribution in [0.2, 0.25) is 5.02 Å². The first-order valence-electron chi connectivity index (χ1n) is 6.85. The van der Waals surface area contributed by atoms with Gasteiger partial charge in [0.05, 0.1) is 6.61 Å². The van der Waals surface area contributed by atoms with E-state index >= 15 is 0 Å². The number of benzene rings is 1. The van der Waals surface area contributed by atoms with E-state index in [1.165, 1.54) is 32.1 Å². The molecule has 1 aliphatic carbocycles. The highest BCUT2D eigenvalue weighted by atomic mass is 35.5. The molecule has 1 heterocycles. The van der Waals surface area contributed by atoms with Crippen LogP contribution in [0.1, 0.15) is 43.2 Å². The van der Waals surface area contributed by atoms with E-state index in [4.69, 9.17) is 16.3 Å². The summed E-state index contributed by atoms with van der Waals surface area (Å²) in [6.07, 6.45) is 7.74. The van der Waals surface area contributed by atoms with Gasteiger partial charge in [-0.25, -0.2) is 0 Å². The largest absolute Gasteiger partial charge is 0.491 e. The molecule has 1 aromatic rings. The highest BCUT2D eigenvalue weighted by molar-refractivity contribution is 6.61. The third kappa shape index (κ3) is 2.44. The lowest BCUT2D eigenvalue weighted by atomic mass is 9.78. The zero-order valence-electron chi connectivity index (χ0n) is 10.5. The first-order valence-corrected chi connectivity index (χ1v) is 7.22. The van der Waals surface area contributed by atoms with Crippen molar-refractivity contribution in [3.05, 3.63) is 28.3 Å². The Kier molecular flexibility index (Phi) is 3.65. The van der Waals surface area contributed by atoms with Gasteiger partial charge >= 0.3 is 7.12 Å². The molecule has 2 aliphatic rings. The van der Waals surface area contributed by atoms with Gasteiger partial charge in [-0.2, -0.15) is 0 Å². The number of fused-ring (bicyclic) bond motifs is 1. The average molecular weight is 265 g/mol. The van der Waals surface area contributed by atoms with Crippen LogP contribution in [0.15, 0.2) is 12.1 Å². The smallest absolute Gasteiger partial charge is 0.423 e. The van der Waals surface area contributed by atoms with Crippen molar-refractivity contribution in [1.29, 1.82) is 0 Å². The molecule has 1 aromatic carbocycles. The number of halogens is 1. The summed E-state index contributed by atoms with van der Waals surface area (Å²) in [6, 6.07) is 3.99. The number of rotatable bonds is 3. The van der Waals surface area contributed by atoms with Crippen molar-refractivity contribution >= 4 is 24.2 Å². The zero-order valence-corrected chi connectivity index (χ0v) is 11.2. The van der Waals surface area contributed by atoms with Gasteiger partial charge < -0.3 is 9.68 Å². The normalized spacial score (nSPS) is 19.6. The van der Waals surface area contributed by atoms with E-state index in [1.54, 1.807) is 0 Å². The summed E-state index contributed by atoms with van der Waals surface area (Å²) >= 11 is 6.30. The maximum absolute atomic E-state index is 9.71. The van der Waals surface area contributed by atoms with Crippen LogP contribution in [0.25, 0.3) is 0 Å². The molecule has 0 spiro atoms. The summed E-state index contributed by atoms with van der Waals surface area (Å²) in [5, 5.41) is 10.5. The van der Waals surface area contributed by atoms with Crippen LogP contribution in [-0.4, -0.2) is 12.1 Å². The molecule has 1 N–H and O–H groups in total. The maximum atomic E-state index is 9.71. The van der Waals surface area contributed by atoms with Gasteiger partial charge in [0, 0.05) is 5.02 Å². The fraction of sp³-hybridized carbons (Fsp3) is 0.571. The molecule has 2 nitrogen and oxygen atoms in total. The van der Waals surface area contributed by atoms with Crippen LogP contribution in [-0.2, 0) is 17.7 Å². The van der Waals surface area contributed by atoms with Crippen LogP contribution in [0.4, 0.5) is 0 Å². The minimum atomic E-state index is -0.762. The number of hydrogen-bond donors (Lipinski definition) is 1. The second kappa shape index (κ2) is 5.24. The number of aryl methyl sites for hydroxylation is 1. The third-order valence-electron chi connectivity index (χ3n) is 4.27. The predicted molar refractivity (Wildman–Crippen MR) is 74.1 cm³/mol. The molecule has 0 atom stereocenters. The average Bonchev–Trinajstić information content (AvgIpc) is 2.97. The van der Waals surface area contributed by atoms with E-state index in [0.29, 0.717) is 6.61 Å². The van der Waals surface area contributed by atoms with Gasteiger partial charge in [-0.15, -0.1) is 0 Å². The van der Waals surface area contributed by atoms with Gasteiger partial charge in [-0.1, -0.05) is 43.4 Å². The standard InChI is InChI=1S/C14H18BClO2/c16-14-8-12-9-18-15(17)13(12)7-11(14)6-5-10-3-1-2-4-10/h7-8,10,17H,1-6,9H2. The molecule has 0 amide bonds. The van der Waals surface area contributed by atoms with Gasteiger partial charge in [-0.3, -0.25) is 0 Å². The minimum absolute atomic E-state index is 0.471. The van der Waals surface area contributed by atoms with Crippen molar-refractivity contribution in [1.82, 2.24) is 0 Å². The van der Waals surface area contributed by atoms with Crippen molar-refractivity contribution in [2.24, 2.45) is 5.92 Å². The fourth-order valence-electron chi connectivity index (χ4n) is 3.14. The Labute approximate surface area is 113 Å². The molecule has 96 valence electrons. The van der Waals surface area contributed by atoms with Crippen molar-refractivity contribution < 1.29 is 9.68 Å². The van der Waals surface area contributed by atoms with E-state index in [-0.39, 0.29) is 0 Å². The Balaban J connectivity index is 1.73. The molecule has 0 aromatic heterocycles. The molecule has 1 saturated carbocycles. The Morgan fingerprint density at radius 3 is 2.89 bits per heavy atom. The summed E-state index contributed by atoms with van der Waals surface area (Å²) in [7, 11) is -0.762. The van der Waals surface area contributed by atoms with Gasteiger partial charge in [0.25, 0.3) is 0 Å². The minimum Gasteiger partial charge on any atom is -0.423 e. The summed E-state index contributed by atoms with van der Waals surface area (Å²) in [6.45, 7) is 0.471. The fourth-order valence-corrected chi connectivity index (χ4v) is 3.42. The van der Waals surface area contributed by atoms with Crippen LogP contribution in [0.3, 0.4) is 0 Å². The number of hydrogen-bond acceptors (Lipinski definition) is 2. The monoisotopic (exact) mass is 264 g/mol. The van der Waals surface area contributed by atoms with E-state index < -0.39 is 7.12 Å². The summed E-state index contributed by atoms with van der Waals surface area (Å²) < 4.78 is 5.21. The maximum Gasteiger partial charge on any atom is 0.491 e. The van der Waals surface area contributed by atoms with E-state index in [0.717, 1.165) is 34.0 Å². The lowest BCUT2D eigenvalue weighted by Gasteiger charge is -2.11. The first-order chi connectivity index (χ1) is 8.74. The molecule has 4 heteroatoms. The Hall–Kier alpha value is -0.505. The van der Waals surface area contributed by atoms with E-state index in [1.807, 2.05) is 12.1 Å². The van der Waals surface area contributed by atoms with Crippen LogP contribution in [0, 0.1) is 5.92 Å². The molecule has 18 heavy (non-hydrogen) atoms. The SMILES string of the molecule is OB1OCc2cc(Cl)c(CCC3CCCC3)cc21. The van der Waals surface area contributed by atoms with Crippen molar-refractivity contribution in [2.75, 3.05) is 0 Å². The van der Waals surface area contributed by atoms with Gasteiger partial charge in [0.15, 0.2) is 0 Å². The topological polar surface area (TPSA) is 29.5 Å². The molecule has 0 radical (unpaired) electrons. The summed E-state index contributed by atoms with van der Waals surface area (Å²) in [5.74, 6) is 0.871. The second-order valence-electron chi connectivity index (χ2n) is 5.49. The van der Waals surface area contributed by atoms with Crippen LogP contribution >= 0.6 is 11.6 Å². The second-order valence-corrected chi connectivity index (χ2v) is 5.90. The Morgan fingerprint density at radius 1 is 1.33 bits per heavy atom. The first kappa shape index (κ1) is 12.5. The van der Waals surface area contributed by atoms with Gasteiger partial charge in [-0.05, 0) is 41.4 Å². The van der Waals surface area contributed by atoms with Crippen molar-refractivity contribution in [2.45, 2.75) is 45.1 Å². The van der Waals surface area contributed by atoms with Crippen LogP contribution < -0.4 is 5.46 Å². The Bertz CT molecular complexity index is 444. The van der Waals surface area contributed by atoms with Gasteiger partial charge in [0.2, 0.25) is 0 Å². The molecular weight excluding hydrogens is 246 g/mol. The predicted octanol–water partition coefficient (Wildman–Crippen LogP) is 2.68. The molecule has 0 saturated heterocycles. The van der Waals surface area contributed by atoms with Crippen molar-refractivity contribution in [3.63, 3.8) is 0 Å². The lowest BCUT2D eigenvalue weighted by molar-refractivity contribution is 0.275. The van der Waals surface area contributed by atoms with Gasteiger partial charge in [0.1, 0.15) is 0 Å². The Morgan fingerprint density at radius 2 is 2.11 bits per heavy atom. The summed E-state index contributed by atoms with van der Waals surface area (Å²) in [4.78, 5) is 0. The molecule has 3 rings (SSSR count). The molecule has 0 bridgehead atoms. The molecule has 0 unspecified atom stereocenters. The highest BCUT2D eigenvalue weighted by Gasteiger charge is 2.28. The highest BCUT2D eigenvalue weighted by Crippen LogP contribution is 2.30. The van der Waals surface area contributed by atoms with Crippen LogP contribution in [0.5, 0.6) is 0 Å². The zero-order chi connectivity index (χ0) is 12.5. The van der Waals surface area contributed by atoms with E-state index in [9.17, 15) is 5.02 Å². The van der Waals surface area contributed by atoms with E-state index in [2.05, 4.69) is 0 Å².